The molecule has 1 amide bonds. The monoisotopic (exact) mass is 467 g/mol. The van der Waals surface area contributed by atoms with Crippen LogP contribution in [0.1, 0.15) is 46.8 Å². The third kappa shape index (κ3) is 4.68. The molecule has 180 valence electrons. The molecule has 1 saturated heterocycles. The van der Waals surface area contributed by atoms with E-state index in [1.807, 2.05) is 11.0 Å². The van der Waals surface area contributed by atoms with E-state index < -0.39 is 0 Å². The van der Waals surface area contributed by atoms with Crippen LogP contribution in [-0.2, 0) is 11.3 Å². The molecule has 1 atom stereocenters. The van der Waals surface area contributed by atoms with Gasteiger partial charge in [-0.1, -0.05) is 30.3 Å². The van der Waals surface area contributed by atoms with Crippen LogP contribution < -0.4 is 9.64 Å². The van der Waals surface area contributed by atoms with E-state index in [9.17, 15) is 4.79 Å². The zero-order valence-corrected chi connectivity index (χ0v) is 21.0. The number of carbonyl (C=O) groups is 1. The van der Waals surface area contributed by atoms with Crippen LogP contribution in [0.5, 0.6) is 5.75 Å². The number of aryl methyl sites for hydroxylation is 5. The van der Waals surface area contributed by atoms with Crippen LogP contribution in [0.15, 0.2) is 60.7 Å². The van der Waals surface area contributed by atoms with Crippen molar-refractivity contribution in [3.63, 3.8) is 0 Å². The van der Waals surface area contributed by atoms with Gasteiger partial charge in [0.05, 0.1) is 17.6 Å². The summed E-state index contributed by atoms with van der Waals surface area (Å²) in [6, 6.07) is 20.8. The van der Waals surface area contributed by atoms with Gasteiger partial charge in [0.2, 0.25) is 5.91 Å². The number of imidazole rings is 1. The molecule has 0 aliphatic carbocycles. The van der Waals surface area contributed by atoms with Crippen molar-refractivity contribution in [3.8, 4) is 5.75 Å². The smallest absolute Gasteiger partial charge is 0.227 e. The minimum atomic E-state index is 0.0662. The SMILES string of the molecule is Cc1ccc(C)c(OCCCn2c(C3CC(=O)N(c4ccc(C)c(C)c4)C3)nc3ccccc32)c1. The van der Waals surface area contributed by atoms with Crippen LogP contribution in [0.25, 0.3) is 11.0 Å². The molecule has 35 heavy (non-hydrogen) atoms. The van der Waals surface area contributed by atoms with Gasteiger partial charge in [0.1, 0.15) is 11.6 Å². The first-order valence-electron chi connectivity index (χ1n) is 12.4. The van der Waals surface area contributed by atoms with Crippen molar-refractivity contribution in [3.05, 3.63) is 88.7 Å². The van der Waals surface area contributed by atoms with Gasteiger partial charge in [0.15, 0.2) is 0 Å². The molecule has 4 aromatic rings. The number of hydrogen-bond acceptors (Lipinski definition) is 3. The fourth-order valence-corrected chi connectivity index (χ4v) is 4.93. The van der Waals surface area contributed by atoms with Gasteiger partial charge in [-0.15, -0.1) is 0 Å². The van der Waals surface area contributed by atoms with Gasteiger partial charge in [-0.25, -0.2) is 4.98 Å². The number of anilines is 1. The van der Waals surface area contributed by atoms with Crippen LogP contribution in [0.4, 0.5) is 5.69 Å². The summed E-state index contributed by atoms with van der Waals surface area (Å²) in [5.41, 5.74) is 7.87. The lowest BCUT2D eigenvalue weighted by Crippen LogP contribution is -2.24. The second kappa shape index (κ2) is 9.57. The summed E-state index contributed by atoms with van der Waals surface area (Å²) in [5, 5.41) is 0. The number of carbonyl (C=O) groups excluding carboxylic acids is 1. The highest BCUT2D eigenvalue weighted by molar-refractivity contribution is 5.96. The highest BCUT2D eigenvalue weighted by Crippen LogP contribution is 2.34. The summed E-state index contributed by atoms with van der Waals surface area (Å²) in [7, 11) is 0. The third-order valence-electron chi connectivity index (χ3n) is 7.10. The maximum atomic E-state index is 13.0. The van der Waals surface area contributed by atoms with E-state index in [-0.39, 0.29) is 11.8 Å². The summed E-state index contributed by atoms with van der Waals surface area (Å²) in [6.45, 7) is 10.4. The van der Waals surface area contributed by atoms with Crippen molar-refractivity contribution < 1.29 is 9.53 Å². The van der Waals surface area contributed by atoms with Crippen LogP contribution in [0.3, 0.4) is 0 Å². The Morgan fingerprint density at radius 3 is 2.57 bits per heavy atom. The molecule has 0 bridgehead atoms. The fraction of sp³-hybridized carbons (Fsp3) is 0.333. The summed E-state index contributed by atoms with van der Waals surface area (Å²) in [4.78, 5) is 19.9. The predicted octanol–water partition coefficient (Wildman–Crippen LogP) is 6.26. The van der Waals surface area contributed by atoms with Crippen LogP contribution in [0.2, 0.25) is 0 Å². The second-order valence-electron chi connectivity index (χ2n) is 9.76. The maximum Gasteiger partial charge on any atom is 0.227 e. The lowest BCUT2D eigenvalue weighted by atomic mass is 10.1. The molecule has 0 radical (unpaired) electrons. The number of nitrogens with zero attached hydrogens (tertiary/aromatic N) is 3. The highest BCUT2D eigenvalue weighted by atomic mass is 16.5. The summed E-state index contributed by atoms with van der Waals surface area (Å²) >= 11 is 0. The minimum absolute atomic E-state index is 0.0662. The Morgan fingerprint density at radius 1 is 0.943 bits per heavy atom. The molecule has 1 aliphatic heterocycles. The van der Waals surface area contributed by atoms with Crippen molar-refractivity contribution in [1.82, 2.24) is 9.55 Å². The largest absolute Gasteiger partial charge is 0.493 e. The van der Waals surface area contributed by atoms with Gasteiger partial charge < -0.3 is 14.2 Å². The van der Waals surface area contributed by atoms with Crippen molar-refractivity contribution >= 4 is 22.6 Å². The minimum Gasteiger partial charge on any atom is -0.493 e. The summed E-state index contributed by atoms with van der Waals surface area (Å²) < 4.78 is 8.41. The molecule has 1 aromatic heterocycles. The molecule has 1 fully saturated rings. The third-order valence-corrected chi connectivity index (χ3v) is 7.10. The number of para-hydroxylation sites is 2. The number of amides is 1. The molecule has 2 heterocycles. The average Bonchev–Trinajstić information content (AvgIpc) is 3.41. The van der Waals surface area contributed by atoms with E-state index in [0.29, 0.717) is 19.6 Å². The first-order chi connectivity index (χ1) is 16.9. The number of rotatable bonds is 7. The molecule has 1 unspecified atom stereocenters. The average molecular weight is 468 g/mol. The Hall–Kier alpha value is -3.60. The normalized spacial score (nSPS) is 15.8. The van der Waals surface area contributed by atoms with Gasteiger partial charge in [-0.05, 0) is 86.7 Å². The molecule has 5 nitrogen and oxygen atoms in total. The van der Waals surface area contributed by atoms with E-state index in [1.54, 1.807) is 0 Å². The van der Waals surface area contributed by atoms with Crippen molar-refractivity contribution in [1.29, 1.82) is 0 Å². The Kier molecular flexibility index (Phi) is 6.33. The lowest BCUT2D eigenvalue weighted by molar-refractivity contribution is -0.117. The Bertz CT molecular complexity index is 1390. The maximum absolute atomic E-state index is 13.0. The zero-order valence-electron chi connectivity index (χ0n) is 21.0. The second-order valence-corrected chi connectivity index (χ2v) is 9.76. The number of ether oxygens (including phenoxy) is 1. The molecule has 5 heteroatoms. The molecule has 0 spiro atoms. The lowest BCUT2D eigenvalue weighted by Gasteiger charge is -2.18. The van der Waals surface area contributed by atoms with Crippen LogP contribution in [-0.4, -0.2) is 28.6 Å². The molecule has 0 saturated carbocycles. The quantitative estimate of drug-likeness (QED) is 0.301. The zero-order chi connectivity index (χ0) is 24.5. The summed E-state index contributed by atoms with van der Waals surface area (Å²) in [5.74, 6) is 2.18. The first kappa shape index (κ1) is 23.2. The van der Waals surface area contributed by atoms with Gasteiger partial charge in [0.25, 0.3) is 0 Å². The molecule has 1 aliphatic rings. The number of hydrogen-bond donors (Lipinski definition) is 0. The number of fused-ring (bicyclic) bond motifs is 1. The summed E-state index contributed by atoms with van der Waals surface area (Å²) in [6.07, 6.45) is 1.34. The Labute approximate surface area is 207 Å². The van der Waals surface area contributed by atoms with E-state index in [1.165, 1.54) is 16.7 Å². The van der Waals surface area contributed by atoms with E-state index >= 15 is 0 Å². The van der Waals surface area contributed by atoms with Gasteiger partial charge in [0, 0.05) is 31.1 Å². The van der Waals surface area contributed by atoms with Gasteiger partial charge >= 0.3 is 0 Å². The Balaban J connectivity index is 1.35. The fourth-order valence-electron chi connectivity index (χ4n) is 4.93. The van der Waals surface area contributed by atoms with Crippen molar-refractivity contribution in [2.75, 3.05) is 18.1 Å². The first-order valence-corrected chi connectivity index (χ1v) is 12.4. The van der Waals surface area contributed by atoms with Gasteiger partial charge in [-0.3, -0.25) is 4.79 Å². The molecule has 0 N–H and O–H groups in total. The van der Waals surface area contributed by atoms with Crippen molar-refractivity contribution in [2.45, 2.75) is 53.0 Å². The molecular formula is C30H33N3O2. The number of benzene rings is 3. The van der Waals surface area contributed by atoms with E-state index in [0.717, 1.165) is 46.8 Å². The molecule has 5 rings (SSSR count). The standard InChI is InChI=1S/C30H33N3O2/c1-20-10-11-22(3)28(16-20)35-15-7-14-32-27-9-6-5-8-26(27)31-30(32)24-18-29(34)33(19-24)25-13-12-21(2)23(4)17-25/h5-6,8-13,16-17,24H,7,14-15,18-19H2,1-4H3. The predicted molar refractivity (Wildman–Crippen MR) is 141 cm³/mol. The highest BCUT2D eigenvalue weighted by Gasteiger charge is 2.34. The van der Waals surface area contributed by atoms with Crippen LogP contribution in [0, 0.1) is 27.7 Å². The van der Waals surface area contributed by atoms with Crippen LogP contribution >= 0.6 is 0 Å². The van der Waals surface area contributed by atoms with E-state index in [4.69, 9.17) is 9.72 Å². The molecule has 3 aromatic carbocycles. The molecular weight excluding hydrogens is 434 g/mol. The Morgan fingerprint density at radius 2 is 1.74 bits per heavy atom. The topological polar surface area (TPSA) is 47.4 Å². The van der Waals surface area contributed by atoms with E-state index in [2.05, 4.69) is 86.9 Å². The van der Waals surface area contributed by atoms with Crippen molar-refractivity contribution in [2.24, 2.45) is 0 Å². The van der Waals surface area contributed by atoms with Gasteiger partial charge in [-0.2, -0.15) is 0 Å². The number of aromatic nitrogens is 2.